The van der Waals surface area contributed by atoms with E-state index in [2.05, 4.69) is 41.1 Å². The largest absolute Gasteiger partial charge is 0.340 e. The average molecular weight is 300 g/mol. The summed E-state index contributed by atoms with van der Waals surface area (Å²) in [5.74, 6) is 0.972. The molecule has 2 aliphatic rings. The van der Waals surface area contributed by atoms with Crippen LogP contribution in [0.4, 0.5) is 0 Å². The molecular weight excluding hydrogens is 272 g/mol. The Labute approximate surface area is 134 Å². The minimum atomic E-state index is 0.0740. The molecule has 0 spiro atoms. The number of benzene rings is 1. The Morgan fingerprint density at radius 1 is 1.00 bits per heavy atom. The number of carbonyl (C=O) groups excluding carboxylic acids is 1. The summed E-state index contributed by atoms with van der Waals surface area (Å²) in [5, 5.41) is 0. The van der Waals surface area contributed by atoms with E-state index in [0.717, 1.165) is 26.2 Å². The van der Waals surface area contributed by atoms with Crippen LogP contribution in [0.2, 0.25) is 0 Å². The molecule has 0 bridgehead atoms. The van der Waals surface area contributed by atoms with E-state index in [1.165, 1.54) is 37.7 Å². The summed E-state index contributed by atoms with van der Waals surface area (Å²) < 4.78 is 0. The van der Waals surface area contributed by atoms with Gasteiger partial charge in [0, 0.05) is 26.2 Å². The molecule has 1 amide bonds. The molecule has 3 nitrogen and oxygen atoms in total. The maximum atomic E-state index is 13.2. The van der Waals surface area contributed by atoms with E-state index >= 15 is 0 Å². The summed E-state index contributed by atoms with van der Waals surface area (Å²) in [6.07, 6.45) is 6.31. The fraction of sp³-hybridized carbons (Fsp3) is 0.632. The Bertz CT molecular complexity index is 473. The average Bonchev–Trinajstić information content (AvgIpc) is 2.57. The van der Waals surface area contributed by atoms with Gasteiger partial charge in [0.05, 0.1) is 5.92 Å². The van der Waals surface area contributed by atoms with Crippen molar-refractivity contribution in [2.24, 2.45) is 5.92 Å². The standard InChI is InChI=1S/C19H28N2O/c1-20-12-14-21(15-13-20)19(22)18(16-8-4-2-5-9-16)17-10-6-3-7-11-17/h2,4-5,8-9,17-18H,3,6-7,10-15H2,1H3. The Morgan fingerprint density at radius 2 is 1.64 bits per heavy atom. The van der Waals surface area contributed by atoms with Crippen LogP contribution >= 0.6 is 0 Å². The molecular formula is C19H28N2O. The van der Waals surface area contributed by atoms with Gasteiger partial charge in [-0.15, -0.1) is 0 Å². The highest BCUT2D eigenvalue weighted by Crippen LogP contribution is 2.37. The van der Waals surface area contributed by atoms with Crippen molar-refractivity contribution in [1.29, 1.82) is 0 Å². The summed E-state index contributed by atoms with van der Waals surface area (Å²) in [6, 6.07) is 10.5. The predicted molar refractivity (Wildman–Crippen MR) is 89.8 cm³/mol. The molecule has 3 heteroatoms. The lowest BCUT2D eigenvalue weighted by Crippen LogP contribution is -2.49. The second kappa shape index (κ2) is 7.28. The first-order chi connectivity index (χ1) is 10.8. The molecule has 0 N–H and O–H groups in total. The van der Waals surface area contributed by atoms with Crippen LogP contribution in [0.5, 0.6) is 0 Å². The molecule has 1 saturated heterocycles. The smallest absolute Gasteiger partial charge is 0.230 e. The van der Waals surface area contributed by atoms with E-state index in [0.29, 0.717) is 11.8 Å². The lowest BCUT2D eigenvalue weighted by Gasteiger charge is -2.38. The number of piperazine rings is 1. The number of nitrogens with zero attached hydrogens (tertiary/aromatic N) is 2. The van der Waals surface area contributed by atoms with Crippen LogP contribution < -0.4 is 0 Å². The van der Waals surface area contributed by atoms with Crippen molar-refractivity contribution in [1.82, 2.24) is 9.80 Å². The molecule has 2 fully saturated rings. The van der Waals surface area contributed by atoms with Crippen molar-refractivity contribution >= 4 is 5.91 Å². The molecule has 1 aliphatic heterocycles. The number of hydrogen-bond donors (Lipinski definition) is 0. The number of likely N-dealkylation sites (N-methyl/N-ethyl adjacent to an activating group) is 1. The van der Waals surface area contributed by atoms with Gasteiger partial charge in [-0.3, -0.25) is 4.79 Å². The maximum Gasteiger partial charge on any atom is 0.230 e. The molecule has 1 unspecified atom stereocenters. The fourth-order valence-corrected chi connectivity index (χ4v) is 3.97. The van der Waals surface area contributed by atoms with Gasteiger partial charge in [0.25, 0.3) is 0 Å². The first kappa shape index (κ1) is 15.5. The van der Waals surface area contributed by atoms with Gasteiger partial charge in [-0.05, 0) is 31.4 Å². The maximum absolute atomic E-state index is 13.2. The monoisotopic (exact) mass is 300 g/mol. The lowest BCUT2D eigenvalue weighted by atomic mass is 9.76. The van der Waals surface area contributed by atoms with Crippen molar-refractivity contribution in [3.05, 3.63) is 35.9 Å². The minimum Gasteiger partial charge on any atom is -0.340 e. The zero-order chi connectivity index (χ0) is 15.4. The van der Waals surface area contributed by atoms with Gasteiger partial charge in [0.1, 0.15) is 0 Å². The molecule has 22 heavy (non-hydrogen) atoms. The third-order valence-electron chi connectivity index (χ3n) is 5.36. The van der Waals surface area contributed by atoms with Crippen LogP contribution in [0.25, 0.3) is 0 Å². The molecule has 3 rings (SSSR count). The van der Waals surface area contributed by atoms with E-state index in [1.807, 2.05) is 6.07 Å². The summed E-state index contributed by atoms with van der Waals surface area (Å²) in [7, 11) is 2.14. The van der Waals surface area contributed by atoms with Crippen LogP contribution in [0.1, 0.15) is 43.6 Å². The molecule has 0 aromatic heterocycles. The van der Waals surface area contributed by atoms with Crippen molar-refractivity contribution < 1.29 is 4.79 Å². The highest BCUT2D eigenvalue weighted by molar-refractivity contribution is 5.84. The van der Waals surface area contributed by atoms with E-state index in [1.54, 1.807) is 0 Å². The zero-order valence-electron chi connectivity index (χ0n) is 13.7. The number of amides is 1. The van der Waals surface area contributed by atoms with Crippen molar-refractivity contribution in [3.63, 3.8) is 0 Å². The molecule has 1 aromatic carbocycles. The fourth-order valence-electron chi connectivity index (χ4n) is 3.97. The van der Waals surface area contributed by atoms with Gasteiger partial charge in [0.2, 0.25) is 5.91 Å². The first-order valence-corrected chi connectivity index (χ1v) is 8.78. The molecule has 0 radical (unpaired) electrons. The highest BCUT2D eigenvalue weighted by Gasteiger charge is 2.34. The second-order valence-corrected chi connectivity index (χ2v) is 6.92. The summed E-state index contributed by atoms with van der Waals surface area (Å²) >= 11 is 0. The normalized spacial score (nSPS) is 22.5. The van der Waals surface area contributed by atoms with Crippen LogP contribution in [0, 0.1) is 5.92 Å². The third-order valence-corrected chi connectivity index (χ3v) is 5.36. The second-order valence-electron chi connectivity index (χ2n) is 6.92. The lowest BCUT2D eigenvalue weighted by molar-refractivity contribution is -0.136. The van der Waals surface area contributed by atoms with Crippen molar-refractivity contribution in [2.75, 3.05) is 33.2 Å². The van der Waals surface area contributed by atoms with Gasteiger partial charge < -0.3 is 9.80 Å². The van der Waals surface area contributed by atoms with Gasteiger partial charge in [0.15, 0.2) is 0 Å². The van der Waals surface area contributed by atoms with E-state index in [9.17, 15) is 4.79 Å². The summed E-state index contributed by atoms with van der Waals surface area (Å²) in [6.45, 7) is 3.76. The van der Waals surface area contributed by atoms with Gasteiger partial charge in [-0.1, -0.05) is 49.6 Å². The molecule has 1 saturated carbocycles. The Morgan fingerprint density at radius 3 is 2.27 bits per heavy atom. The van der Waals surface area contributed by atoms with E-state index in [4.69, 9.17) is 0 Å². The highest BCUT2D eigenvalue weighted by atomic mass is 16.2. The summed E-state index contributed by atoms with van der Waals surface area (Å²) in [4.78, 5) is 17.6. The quantitative estimate of drug-likeness (QED) is 0.856. The van der Waals surface area contributed by atoms with Gasteiger partial charge >= 0.3 is 0 Å². The molecule has 1 aliphatic carbocycles. The molecule has 1 heterocycles. The third kappa shape index (κ3) is 3.52. The van der Waals surface area contributed by atoms with Crippen LogP contribution in [-0.4, -0.2) is 48.9 Å². The predicted octanol–water partition coefficient (Wildman–Crippen LogP) is 3.12. The zero-order valence-corrected chi connectivity index (χ0v) is 13.7. The molecule has 1 atom stereocenters. The summed E-state index contributed by atoms with van der Waals surface area (Å²) in [5.41, 5.74) is 1.22. The molecule has 1 aromatic rings. The van der Waals surface area contributed by atoms with Gasteiger partial charge in [-0.2, -0.15) is 0 Å². The Balaban J connectivity index is 1.79. The van der Waals surface area contributed by atoms with Crippen LogP contribution in [-0.2, 0) is 4.79 Å². The SMILES string of the molecule is CN1CCN(C(=O)C(c2ccccc2)C2CCCCC2)CC1. The van der Waals surface area contributed by atoms with Gasteiger partial charge in [-0.25, -0.2) is 0 Å². The van der Waals surface area contributed by atoms with Crippen molar-refractivity contribution in [3.8, 4) is 0 Å². The van der Waals surface area contributed by atoms with Crippen LogP contribution in [0.3, 0.4) is 0 Å². The van der Waals surface area contributed by atoms with Crippen molar-refractivity contribution in [2.45, 2.75) is 38.0 Å². The van der Waals surface area contributed by atoms with E-state index in [-0.39, 0.29) is 5.92 Å². The Kier molecular flexibility index (Phi) is 5.14. The number of rotatable bonds is 3. The number of hydrogen-bond acceptors (Lipinski definition) is 2. The number of carbonyl (C=O) groups is 1. The first-order valence-electron chi connectivity index (χ1n) is 8.78. The van der Waals surface area contributed by atoms with Crippen LogP contribution in [0.15, 0.2) is 30.3 Å². The minimum absolute atomic E-state index is 0.0740. The topological polar surface area (TPSA) is 23.6 Å². The van der Waals surface area contributed by atoms with E-state index < -0.39 is 0 Å². The Hall–Kier alpha value is -1.35. The molecule has 120 valence electrons.